The van der Waals surface area contributed by atoms with Gasteiger partial charge in [0, 0.05) is 60.4 Å². The molecular weight excluding hydrogens is 739 g/mol. The van der Waals surface area contributed by atoms with Gasteiger partial charge < -0.3 is 14.0 Å². The van der Waals surface area contributed by atoms with Gasteiger partial charge in [-0.15, -0.1) is 0 Å². The van der Waals surface area contributed by atoms with Gasteiger partial charge >= 0.3 is 0 Å². The van der Waals surface area contributed by atoms with Gasteiger partial charge in [-0.25, -0.2) is 0 Å². The molecule has 2 aromatic heterocycles. The van der Waals surface area contributed by atoms with E-state index in [0.717, 1.165) is 11.4 Å². The summed E-state index contributed by atoms with van der Waals surface area (Å²) in [6.07, 6.45) is 6.21. The Kier molecular flexibility index (Phi) is 6.77. The molecule has 2 aliphatic carbocycles. The highest BCUT2D eigenvalue weighted by Gasteiger charge is 2.48. The molecule has 0 radical (unpaired) electrons. The molecule has 0 saturated heterocycles. The molecule has 3 aliphatic rings. The molecule has 1 spiro atoms. The summed E-state index contributed by atoms with van der Waals surface area (Å²) in [5.74, 6) is 0. The van der Waals surface area contributed by atoms with Crippen LogP contribution in [0.2, 0.25) is 0 Å². The molecule has 0 N–H and O–H groups in total. The maximum Gasteiger partial charge on any atom is 0.0623 e. The van der Waals surface area contributed by atoms with Crippen LogP contribution in [0.25, 0.3) is 88.0 Å². The van der Waals surface area contributed by atoms with Gasteiger partial charge in [0.05, 0.1) is 39.1 Å². The van der Waals surface area contributed by atoms with Crippen LogP contribution in [0.5, 0.6) is 0 Å². The zero-order chi connectivity index (χ0) is 39.8. The Balaban J connectivity index is 1.09. The molecule has 11 aromatic rings. The fourth-order valence-electron chi connectivity index (χ4n) is 12.2. The Labute approximate surface area is 354 Å². The lowest BCUT2D eigenvalue weighted by Crippen LogP contribution is -2.28. The molecule has 3 heteroatoms. The Morgan fingerprint density at radius 3 is 1.74 bits per heavy atom. The molecule has 1 fully saturated rings. The van der Waals surface area contributed by atoms with Crippen LogP contribution in [-0.2, 0) is 5.41 Å². The van der Waals surface area contributed by atoms with Crippen molar-refractivity contribution in [1.82, 2.24) is 9.13 Å². The van der Waals surface area contributed by atoms with E-state index in [1.54, 1.807) is 0 Å². The van der Waals surface area contributed by atoms with E-state index in [0.29, 0.717) is 0 Å². The molecular formula is C58H41N3. The third-order valence-corrected chi connectivity index (χ3v) is 14.6. The van der Waals surface area contributed by atoms with Crippen molar-refractivity contribution in [3.05, 3.63) is 199 Å². The number of hydrogen-bond acceptors (Lipinski definition) is 1. The minimum Gasteiger partial charge on any atom is -0.309 e. The summed E-state index contributed by atoms with van der Waals surface area (Å²) >= 11 is 0. The van der Waals surface area contributed by atoms with Crippen molar-refractivity contribution in [2.75, 3.05) is 4.90 Å². The molecule has 288 valence electrons. The predicted molar refractivity (Wildman–Crippen MR) is 256 cm³/mol. The van der Waals surface area contributed by atoms with Crippen LogP contribution < -0.4 is 4.90 Å². The van der Waals surface area contributed by atoms with E-state index in [1.165, 1.54) is 137 Å². The summed E-state index contributed by atoms with van der Waals surface area (Å²) in [6.45, 7) is 0. The summed E-state index contributed by atoms with van der Waals surface area (Å²) in [5.41, 5.74) is 19.5. The number of para-hydroxylation sites is 4. The van der Waals surface area contributed by atoms with Crippen LogP contribution in [0.1, 0.15) is 43.2 Å². The first-order valence-corrected chi connectivity index (χ1v) is 22.0. The lowest BCUT2D eigenvalue weighted by Gasteiger charge is -2.37. The van der Waals surface area contributed by atoms with Gasteiger partial charge in [-0.05, 0) is 95.6 Å². The number of rotatable bonds is 4. The van der Waals surface area contributed by atoms with E-state index in [4.69, 9.17) is 0 Å². The second kappa shape index (κ2) is 12.3. The molecule has 1 saturated carbocycles. The number of benzene rings is 9. The van der Waals surface area contributed by atoms with Gasteiger partial charge in [-0.3, -0.25) is 0 Å². The maximum absolute atomic E-state index is 2.61. The van der Waals surface area contributed by atoms with E-state index in [9.17, 15) is 0 Å². The topological polar surface area (TPSA) is 13.1 Å². The summed E-state index contributed by atoms with van der Waals surface area (Å²) in [4.78, 5) is 2.56. The molecule has 3 nitrogen and oxygen atoms in total. The van der Waals surface area contributed by atoms with E-state index in [1.807, 2.05) is 0 Å². The zero-order valence-electron chi connectivity index (χ0n) is 33.8. The molecule has 0 amide bonds. The second-order valence-corrected chi connectivity index (χ2v) is 17.5. The summed E-state index contributed by atoms with van der Waals surface area (Å²) in [5, 5.41) is 7.67. The normalized spacial score (nSPS) is 14.7. The van der Waals surface area contributed by atoms with Crippen molar-refractivity contribution in [2.45, 2.75) is 37.5 Å². The Bertz CT molecular complexity index is 3570. The van der Waals surface area contributed by atoms with E-state index in [2.05, 4.69) is 202 Å². The van der Waals surface area contributed by atoms with Crippen LogP contribution in [0.4, 0.5) is 17.1 Å². The lowest BCUT2D eigenvalue weighted by atomic mass is 9.67. The molecule has 0 bridgehead atoms. The van der Waals surface area contributed by atoms with Gasteiger partial charge in [0.2, 0.25) is 0 Å². The first kappa shape index (κ1) is 33.5. The van der Waals surface area contributed by atoms with Crippen LogP contribution in [-0.4, -0.2) is 9.13 Å². The molecule has 0 atom stereocenters. The number of anilines is 3. The monoisotopic (exact) mass is 779 g/mol. The fraction of sp³-hybridized carbons (Fsp3) is 0.103. The quantitative estimate of drug-likeness (QED) is 0.173. The lowest BCUT2D eigenvalue weighted by molar-refractivity contribution is 0.353. The number of fused-ring (bicyclic) bond motifs is 12. The average molecular weight is 780 g/mol. The number of nitrogens with zero attached hydrogens (tertiary/aromatic N) is 3. The minimum atomic E-state index is 0.00614. The van der Waals surface area contributed by atoms with Crippen LogP contribution >= 0.6 is 0 Å². The minimum absolute atomic E-state index is 0.00614. The van der Waals surface area contributed by atoms with Crippen molar-refractivity contribution in [2.24, 2.45) is 0 Å². The smallest absolute Gasteiger partial charge is 0.0623 e. The van der Waals surface area contributed by atoms with Gasteiger partial charge in [0.25, 0.3) is 0 Å². The number of aromatic nitrogens is 2. The summed E-state index contributed by atoms with van der Waals surface area (Å²) < 4.78 is 5.03. The second-order valence-electron chi connectivity index (χ2n) is 17.5. The maximum atomic E-state index is 2.61. The van der Waals surface area contributed by atoms with Crippen molar-refractivity contribution in [3.63, 3.8) is 0 Å². The van der Waals surface area contributed by atoms with E-state index < -0.39 is 0 Å². The van der Waals surface area contributed by atoms with E-state index in [-0.39, 0.29) is 5.41 Å². The largest absolute Gasteiger partial charge is 0.309 e. The average Bonchev–Trinajstić information content (AvgIpc) is 3.90. The number of hydrogen-bond donors (Lipinski definition) is 0. The highest BCUT2D eigenvalue weighted by atomic mass is 15.1. The van der Waals surface area contributed by atoms with Crippen molar-refractivity contribution in [3.8, 4) is 33.6 Å². The van der Waals surface area contributed by atoms with Gasteiger partial charge in [-0.2, -0.15) is 0 Å². The third kappa shape index (κ3) is 4.38. The van der Waals surface area contributed by atoms with E-state index >= 15 is 0 Å². The highest BCUT2D eigenvalue weighted by Crippen LogP contribution is 2.64. The highest BCUT2D eigenvalue weighted by molar-refractivity contribution is 6.20. The molecule has 1 aliphatic heterocycles. The van der Waals surface area contributed by atoms with Crippen molar-refractivity contribution < 1.29 is 0 Å². The Morgan fingerprint density at radius 1 is 0.393 bits per heavy atom. The molecule has 3 heterocycles. The third-order valence-electron chi connectivity index (χ3n) is 14.6. The van der Waals surface area contributed by atoms with Crippen LogP contribution in [0.3, 0.4) is 0 Å². The first-order valence-electron chi connectivity index (χ1n) is 22.0. The molecule has 0 unspecified atom stereocenters. The molecule has 14 rings (SSSR count). The first-order chi connectivity index (χ1) is 30.3. The predicted octanol–water partition coefficient (Wildman–Crippen LogP) is 15.7. The molecule has 9 aromatic carbocycles. The fourth-order valence-corrected chi connectivity index (χ4v) is 12.2. The standard InChI is InChI=1S/C58H41N3/c1-12-35-58(36-13-1)46-33-34-53(54-45-21-7-11-25-52(45)61-51-24-10-6-20-43(51)44-31-32-47(58)56(55(46)54)57(44)61)60(48-26-14-16-37-15-2-3-17-40(37)48)39-29-27-38(28-30-39)59-49-22-8-4-18-41(49)42-19-5-9-23-50(42)59/h2-11,14-34H,1,12-13,35-36H2. The summed E-state index contributed by atoms with van der Waals surface area (Å²) in [7, 11) is 0. The summed E-state index contributed by atoms with van der Waals surface area (Å²) in [6, 6.07) is 70.8. The zero-order valence-corrected chi connectivity index (χ0v) is 33.8. The van der Waals surface area contributed by atoms with Gasteiger partial charge in [0.15, 0.2) is 0 Å². The Hall–Kier alpha value is -7.36. The molecule has 61 heavy (non-hydrogen) atoms. The van der Waals surface area contributed by atoms with Crippen LogP contribution in [0, 0.1) is 0 Å². The van der Waals surface area contributed by atoms with Gasteiger partial charge in [0.1, 0.15) is 0 Å². The SMILES string of the molecule is c1ccc2c(c1)-c1c(N(c3ccc(-n4c5ccccc5c5ccccc54)cc3)c3cccc4ccccc34)ccc3c1-c1c(ccc4c5ccccc5n-2c14)C31CCCCC1. The van der Waals surface area contributed by atoms with Crippen molar-refractivity contribution in [1.29, 1.82) is 0 Å². The Morgan fingerprint density at radius 2 is 0.984 bits per heavy atom. The van der Waals surface area contributed by atoms with Crippen LogP contribution in [0.15, 0.2) is 188 Å². The van der Waals surface area contributed by atoms with Crippen molar-refractivity contribution >= 4 is 71.4 Å². The van der Waals surface area contributed by atoms with Gasteiger partial charge in [-0.1, -0.05) is 147 Å².